The molecular weight excluding hydrogens is 486 g/mol. The SMILES string of the molecule is Cc1ccc2c(c1)c1nnc(SCCCC(=O)N3CCC4(CC3)OCCO4)nc1n2Cc1ccccc1. The number of rotatable bonds is 7. The predicted octanol–water partition coefficient (Wildman–Crippen LogP) is 4.57. The number of nitrogens with zero attached hydrogens (tertiary/aromatic N) is 5. The zero-order valence-electron chi connectivity index (χ0n) is 21.1. The molecule has 1 spiro atoms. The van der Waals surface area contributed by atoms with Gasteiger partial charge in [0.15, 0.2) is 11.4 Å². The number of aromatic nitrogens is 4. The predicted molar refractivity (Wildman–Crippen MR) is 144 cm³/mol. The van der Waals surface area contributed by atoms with Crippen LogP contribution in [0.1, 0.15) is 36.8 Å². The van der Waals surface area contributed by atoms with E-state index < -0.39 is 5.79 Å². The number of benzene rings is 2. The minimum Gasteiger partial charge on any atom is -0.347 e. The highest BCUT2D eigenvalue weighted by atomic mass is 32.2. The fraction of sp³-hybridized carbons (Fsp3) is 0.429. The van der Waals surface area contributed by atoms with E-state index in [0.29, 0.717) is 44.4 Å². The van der Waals surface area contributed by atoms with Crippen LogP contribution in [0, 0.1) is 6.92 Å². The molecule has 2 aliphatic rings. The number of ether oxygens (including phenoxy) is 2. The van der Waals surface area contributed by atoms with Crippen LogP contribution in [0.4, 0.5) is 0 Å². The molecule has 4 heterocycles. The molecule has 8 nitrogen and oxygen atoms in total. The van der Waals surface area contributed by atoms with Gasteiger partial charge in [-0.25, -0.2) is 4.98 Å². The van der Waals surface area contributed by atoms with Gasteiger partial charge in [0, 0.05) is 50.0 Å². The first-order valence-corrected chi connectivity index (χ1v) is 13.9. The van der Waals surface area contributed by atoms with E-state index in [1.807, 2.05) is 11.0 Å². The van der Waals surface area contributed by atoms with E-state index in [0.717, 1.165) is 47.1 Å². The summed E-state index contributed by atoms with van der Waals surface area (Å²) in [5, 5.41) is 10.7. The van der Waals surface area contributed by atoms with Gasteiger partial charge in [0.2, 0.25) is 11.1 Å². The summed E-state index contributed by atoms with van der Waals surface area (Å²) in [6.07, 6.45) is 2.80. The van der Waals surface area contributed by atoms with Crippen LogP contribution in [0.5, 0.6) is 0 Å². The molecule has 2 aromatic carbocycles. The zero-order valence-corrected chi connectivity index (χ0v) is 21.9. The summed E-state index contributed by atoms with van der Waals surface area (Å²) in [6, 6.07) is 16.8. The molecule has 1 amide bonds. The van der Waals surface area contributed by atoms with Gasteiger partial charge >= 0.3 is 0 Å². The molecule has 0 N–H and O–H groups in total. The Morgan fingerprint density at radius 3 is 2.62 bits per heavy atom. The number of thioether (sulfide) groups is 1. The van der Waals surface area contributed by atoms with E-state index in [1.54, 1.807) is 11.8 Å². The summed E-state index contributed by atoms with van der Waals surface area (Å²) in [5.74, 6) is 0.513. The highest BCUT2D eigenvalue weighted by molar-refractivity contribution is 7.99. The monoisotopic (exact) mass is 517 g/mol. The first kappa shape index (κ1) is 24.3. The molecule has 37 heavy (non-hydrogen) atoms. The summed E-state index contributed by atoms with van der Waals surface area (Å²) in [5.41, 5.74) is 5.17. The maximum Gasteiger partial charge on any atom is 0.222 e. The third-order valence-corrected chi connectivity index (χ3v) is 8.17. The molecule has 0 bridgehead atoms. The standard InChI is InChI=1S/C28H31N5O3S/c1-20-9-10-23-22(18-20)25-26(33(23)19-21-6-3-2-4-7-21)29-27(31-30-25)37-17-5-8-24(34)32-13-11-28(12-14-32)35-15-16-36-28/h2-4,6-7,9-10,18H,5,8,11-17,19H2,1H3. The largest absolute Gasteiger partial charge is 0.347 e. The number of aryl methyl sites for hydroxylation is 1. The Balaban J connectivity index is 1.12. The van der Waals surface area contributed by atoms with Crippen molar-refractivity contribution in [2.45, 2.75) is 50.1 Å². The Kier molecular flexibility index (Phi) is 6.84. The smallest absolute Gasteiger partial charge is 0.222 e. The number of carbonyl (C=O) groups is 1. The summed E-state index contributed by atoms with van der Waals surface area (Å²) in [6.45, 7) is 5.50. The molecule has 2 fully saturated rings. The summed E-state index contributed by atoms with van der Waals surface area (Å²) < 4.78 is 13.8. The minimum atomic E-state index is -0.447. The van der Waals surface area contributed by atoms with Crippen molar-refractivity contribution < 1.29 is 14.3 Å². The first-order valence-electron chi connectivity index (χ1n) is 13.0. The Hall–Kier alpha value is -3.01. The second kappa shape index (κ2) is 10.4. The Labute approximate surface area is 220 Å². The van der Waals surface area contributed by atoms with Gasteiger partial charge < -0.3 is 18.9 Å². The van der Waals surface area contributed by atoms with Gasteiger partial charge in [-0.2, -0.15) is 0 Å². The van der Waals surface area contributed by atoms with E-state index in [1.165, 1.54) is 11.1 Å². The number of hydrogen-bond acceptors (Lipinski definition) is 7. The number of amides is 1. The van der Waals surface area contributed by atoms with Crippen molar-refractivity contribution in [3.8, 4) is 0 Å². The summed E-state index contributed by atoms with van der Waals surface area (Å²) >= 11 is 1.56. The number of hydrogen-bond donors (Lipinski definition) is 0. The molecule has 2 saturated heterocycles. The third kappa shape index (κ3) is 5.08. The second-order valence-corrected chi connectivity index (χ2v) is 10.9. The number of piperidine rings is 1. The molecule has 2 aromatic heterocycles. The lowest BCUT2D eigenvalue weighted by molar-refractivity contribution is -0.187. The maximum atomic E-state index is 12.7. The van der Waals surface area contributed by atoms with Crippen LogP contribution in [0.2, 0.25) is 0 Å². The van der Waals surface area contributed by atoms with Crippen LogP contribution >= 0.6 is 11.8 Å². The topological polar surface area (TPSA) is 82.4 Å². The molecule has 0 atom stereocenters. The average molecular weight is 518 g/mol. The summed E-state index contributed by atoms with van der Waals surface area (Å²) in [4.78, 5) is 19.6. The lowest BCUT2D eigenvalue weighted by Crippen LogP contribution is -2.47. The van der Waals surface area contributed by atoms with Gasteiger partial charge in [0.1, 0.15) is 5.52 Å². The number of fused-ring (bicyclic) bond motifs is 3. The molecule has 0 radical (unpaired) electrons. The van der Waals surface area contributed by atoms with Gasteiger partial charge in [-0.3, -0.25) is 4.79 Å². The van der Waals surface area contributed by atoms with Crippen molar-refractivity contribution >= 4 is 39.7 Å². The van der Waals surface area contributed by atoms with Crippen molar-refractivity contribution in [1.29, 1.82) is 0 Å². The molecule has 4 aromatic rings. The Morgan fingerprint density at radius 2 is 1.84 bits per heavy atom. The molecule has 0 unspecified atom stereocenters. The van der Waals surface area contributed by atoms with Crippen molar-refractivity contribution in [2.24, 2.45) is 0 Å². The van der Waals surface area contributed by atoms with Crippen LogP contribution < -0.4 is 0 Å². The van der Waals surface area contributed by atoms with E-state index >= 15 is 0 Å². The minimum absolute atomic E-state index is 0.196. The molecule has 2 aliphatic heterocycles. The number of likely N-dealkylation sites (tertiary alicyclic amines) is 1. The van der Waals surface area contributed by atoms with Crippen molar-refractivity contribution in [3.63, 3.8) is 0 Å². The van der Waals surface area contributed by atoms with Crippen LogP contribution in [0.25, 0.3) is 22.1 Å². The fourth-order valence-electron chi connectivity index (χ4n) is 5.27. The number of carbonyl (C=O) groups excluding carboxylic acids is 1. The zero-order chi connectivity index (χ0) is 25.2. The molecule has 0 aliphatic carbocycles. The molecule has 192 valence electrons. The van der Waals surface area contributed by atoms with Gasteiger partial charge in [0.05, 0.1) is 18.7 Å². The Morgan fingerprint density at radius 1 is 1.05 bits per heavy atom. The lowest BCUT2D eigenvalue weighted by Gasteiger charge is -2.37. The normalized spacial score (nSPS) is 17.3. The van der Waals surface area contributed by atoms with Crippen LogP contribution in [-0.4, -0.2) is 68.4 Å². The second-order valence-electron chi connectivity index (χ2n) is 9.80. The van der Waals surface area contributed by atoms with Gasteiger partial charge in [-0.1, -0.05) is 53.7 Å². The van der Waals surface area contributed by atoms with Gasteiger partial charge in [-0.05, 0) is 31.0 Å². The molecular formula is C28H31N5O3S. The quantitative estimate of drug-likeness (QED) is 0.262. The highest BCUT2D eigenvalue weighted by Crippen LogP contribution is 2.32. The molecule has 6 rings (SSSR count). The van der Waals surface area contributed by atoms with Crippen LogP contribution in [0.15, 0.2) is 53.7 Å². The van der Waals surface area contributed by atoms with Crippen molar-refractivity contribution in [2.75, 3.05) is 32.1 Å². The van der Waals surface area contributed by atoms with Gasteiger partial charge in [-0.15, -0.1) is 10.2 Å². The maximum absolute atomic E-state index is 12.7. The van der Waals surface area contributed by atoms with Crippen molar-refractivity contribution in [1.82, 2.24) is 24.6 Å². The van der Waals surface area contributed by atoms with Crippen LogP contribution in [0.3, 0.4) is 0 Å². The highest BCUT2D eigenvalue weighted by Gasteiger charge is 2.40. The van der Waals surface area contributed by atoms with E-state index in [-0.39, 0.29) is 5.91 Å². The van der Waals surface area contributed by atoms with E-state index in [4.69, 9.17) is 14.5 Å². The third-order valence-electron chi connectivity index (χ3n) is 7.24. The lowest BCUT2D eigenvalue weighted by atomic mass is 10.0. The Bertz CT molecular complexity index is 1410. The first-order chi connectivity index (χ1) is 18.1. The average Bonchev–Trinajstić information content (AvgIpc) is 3.50. The molecule has 0 saturated carbocycles. The van der Waals surface area contributed by atoms with Gasteiger partial charge in [0.25, 0.3) is 0 Å². The summed E-state index contributed by atoms with van der Waals surface area (Å²) in [7, 11) is 0. The van der Waals surface area contributed by atoms with E-state index in [9.17, 15) is 4.79 Å². The molecule has 9 heteroatoms. The van der Waals surface area contributed by atoms with Crippen LogP contribution in [-0.2, 0) is 20.8 Å². The fourth-order valence-corrected chi connectivity index (χ4v) is 5.99. The van der Waals surface area contributed by atoms with E-state index in [2.05, 4.69) is 64.2 Å². The van der Waals surface area contributed by atoms with Crippen molar-refractivity contribution in [3.05, 3.63) is 59.7 Å².